The topological polar surface area (TPSA) is 54.9 Å². The number of hydrogen-bond acceptors (Lipinski definition) is 3. The molecule has 0 bridgehead atoms. The number of fused-ring (bicyclic) bond motifs is 1. The van der Waals surface area contributed by atoms with E-state index < -0.39 is 22.5 Å². The largest absolute Gasteiger partial charge is 0.358 e. The molecular weight excluding hydrogens is 324 g/mol. The van der Waals surface area contributed by atoms with Crippen molar-refractivity contribution in [2.24, 2.45) is 5.41 Å². The molecule has 0 aliphatic heterocycles. The molecule has 132 valence electrons. The van der Waals surface area contributed by atoms with Gasteiger partial charge >= 0.3 is 0 Å². The van der Waals surface area contributed by atoms with Crippen LogP contribution in [-0.4, -0.2) is 23.2 Å². The molecular formula is C19H21F2N3O. The van der Waals surface area contributed by atoms with Crippen LogP contribution in [0.3, 0.4) is 0 Å². The van der Waals surface area contributed by atoms with E-state index in [9.17, 15) is 13.6 Å². The first-order valence-electron chi connectivity index (χ1n) is 8.21. The van der Waals surface area contributed by atoms with E-state index in [1.807, 2.05) is 27.7 Å². The Morgan fingerprint density at radius 1 is 1.16 bits per heavy atom. The average Bonchev–Trinajstić information content (AvgIpc) is 2.73. The Morgan fingerprint density at radius 3 is 2.32 bits per heavy atom. The molecule has 1 unspecified atom stereocenters. The highest BCUT2D eigenvalue weighted by molar-refractivity contribution is 5.90. The third-order valence-corrected chi connectivity index (χ3v) is 6.03. The fourth-order valence-corrected chi connectivity index (χ4v) is 3.77. The number of halogens is 2. The number of hydrogen-bond donors (Lipinski definition) is 1. The standard InChI is InChI=1S/C19H21F2N3O/c1-10-11-9-14(15-12(20)7-6-8-13(15)21)23-24-16(11)19(4,17(25)22-5)18(10,2)3/h6-10H,1-5H3,(H,22,25)/t10-,19?/m1/s1. The molecule has 25 heavy (non-hydrogen) atoms. The lowest BCUT2D eigenvalue weighted by molar-refractivity contribution is -0.129. The molecule has 0 saturated carbocycles. The SMILES string of the molecule is CNC(=O)C1(C)c2nnc(-c3c(F)cccc3F)cc2[C@@H](C)C1(C)C. The molecule has 1 aromatic carbocycles. The van der Waals surface area contributed by atoms with Gasteiger partial charge in [0.05, 0.1) is 22.4 Å². The summed E-state index contributed by atoms with van der Waals surface area (Å²) < 4.78 is 28.2. The molecule has 0 radical (unpaired) electrons. The molecule has 0 fully saturated rings. The van der Waals surface area contributed by atoms with Gasteiger partial charge in [-0.3, -0.25) is 4.79 Å². The number of nitrogens with zero attached hydrogens (tertiary/aromatic N) is 2. The highest BCUT2D eigenvalue weighted by Crippen LogP contribution is 2.58. The van der Waals surface area contributed by atoms with Crippen LogP contribution in [-0.2, 0) is 10.2 Å². The van der Waals surface area contributed by atoms with Crippen molar-refractivity contribution >= 4 is 5.91 Å². The third kappa shape index (κ3) is 2.19. The van der Waals surface area contributed by atoms with Crippen molar-refractivity contribution in [1.82, 2.24) is 15.5 Å². The molecule has 3 rings (SSSR count). The second-order valence-corrected chi connectivity index (χ2v) is 7.28. The molecule has 2 aromatic rings. The number of benzene rings is 1. The minimum absolute atomic E-state index is 0.0334. The van der Waals surface area contributed by atoms with Gasteiger partial charge in [-0.25, -0.2) is 8.78 Å². The highest BCUT2D eigenvalue weighted by Gasteiger charge is 2.59. The molecule has 1 N–H and O–H groups in total. The summed E-state index contributed by atoms with van der Waals surface area (Å²) >= 11 is 0. The predicted molar refractivity (Wildman–Crippen MR) is 91.0 cm³/mol. The Labute approximate surface area is 145 Å². The molecule has 1 aliphatic carbocycles. The molecule has 6 heteroatoms. The van der Waals surface area contributed by atoms with Crippen LogP contribution in [0.25, 0.3) is 11.3 Å². The van der Waals surface area contributed by atoms with Gasteiger partial charge in [-0.05, 0) is 42.0 Å². The van der Waals surface area contributed by atoms with Crippen molar-refractivity contribution in [2.75, 3.05) is 7.05 Å². The molecule has 2 atom stereocenters. The summed E-state index contributed by atoms with van der Waals surface area (Å²) in [6, 6.07) is 5.35. The number of rotatable bonds is 2. The second-order valence-electron chi connectivity index (χ2n) is 7.28. The predicted octanol–water partition coefficient (Wildman–Crippen LogP) is 3.57. The summed E-state index contributed by atoms with van der Waals surface area (Å²) in [5, 5.41) is 11.0. The summed E-state index contributed by atoms with van der Waals surface area (Å²) in [6.07, 6.45) is 0. The summed E-state index contributed by atoms with van der Waals surface area (Å²) in [7, 11) is 1.59. The molecule has 1 amide bonds. The van der Waals surface area contributed by atoms with E-state index in [-0.39, 0.29) is 23.1 Å². The van der Waals surface area contributed by atoms with Gasteiger partial charge in [-0.15, -0.1) is 5.10 Å². The van der Waals surface area contributed by atoms with Gasteiger partial charge in [0, 0.05) is 7.05 Å². The molecule has 4 nitrogen and oxygen atoms in total. The van der Waals surface area contributed by atoms with E-state index in [0.717, 1.165) is 5.56 Å². The van der Waals surface area contributed by atoms with Gasteiger partial charge in [0.25, 0.3) is 0 Å². The van der Waals surface area contributed by atoms with Crippen molar-refractivity contribution in [1.29, 1.82) is 0 Å². The van der Waals surface area contributed by atoms with E-state index in [1.54, 1.807) is 13.1 Å². The zero-order chi connectivity index (χ0) is 18.6. The van der Waals surface area contributed by atoms with Crippen LogP contribution in [0.4, 0.5) is 8.78 Å². The lowest BCUT2D eigenvalue weighted by Gasteiger charge is -2.38. The van der Waals surface area contributed by atoms with Gasteiger partial charge < -0.3 is 5.32 Å². The van der Waals surface area contributed by atoms with Crippen LogP contribution in [0.1, 0.15) is 44.9 Å². The van der Waals surface area contributed by atoms with Crippen LogP contribution in [0.15, 0.2) is 24.3 Å². The lowest BCUT2D eigenvalue weighted by atomic mass is 9.64. The fraction of sp³-hybridized carbons (Fsp3) is 0.421. The minimum Gasteiger partial charge on any atom is -0.358 e. The minimum atomic E-state index is -0.879. The fourth-order valence-electron chi connectivity index (χ4n) is 3.77. The van der Waals surface area contributed by atoms with Crippen molar-refractivity contribution < 1.29 is 13.6 Å². The van der Waals surface area contributed by atoms with E-state index >= 15 is 0 Å². The van der Waals surface area contributed by atoms with Crippen LogP contribution in [0, 0.1) is 17.0 Å². The summed E-state index contributed by atoms with van der Waals surface area (Å²) in [5.74, 6) is -1.56. The third-order valence-electron chi connectivity index (χ3n) is 6.03. The van der Waals surface area contributed by atoms with E-state index in [1.165, 1.54) is 18.2 Å². The smallest absolute Gasteiger partial charge is 0.232 e. The molecule has 1 aromatic heterocycles. The average molecular weight is 345 g/mol. The maximum absolute atomic E-state index is 14.1. The monoisotopic (exact) mass is 345 g/mol. The Hall–Kier alpha value is -2.37. The van der Waals surface area contributed by atoms with Gasteiger partial charge in [0.2, 0.25) is 5.91 Å². The summed E-state index contributed by atoms with van der Waals surface area (Å²) in [5.41, 5.74) is -0.0186. The van der Waals surface area contributed by atoms with Gasteiger partial charge in [0.15, 0.2) is 0 Å². The van der Waals surface area contributed by atoms with E-state index in [0.29, 0.717) is 5.69 Å². The van der Waals surface area contributed by atoms with E-state index in [4.69, 9.17) is 0 Å². The Morgan fingerprint density at radius 2 is 1.76 bits per heavy atom. The zero-order valence-electron chi connectivity index (χ0n) is 14.9. The Bertz CT molecular complexity index is 845. The molecule has 1 heterocycles. The van der Waals surface area contributed by atoms with Crippen LogP contribution >= 0.6 is 0 Å². The quantitative estimate of drug-likeness (QED) is 0.905. The molecule has 0 saturated heterocycles. The number of aromatic nitrogens is 2. The second kappa shape index (κ2) is 5.58. The van der Waals surface area contributed by atoms with Crippen molar-refractivity contribution in [2.45, 2.75) is 39.0 Å². The maximum atomic E-state index is 14.1. The Kier molecular flexibility index (Phi) is 3.89. The van der Waals surface area contributed by atoms with Crippen LogP contribution in [0.5, 0.6) is 0 Å². The normalized spacial score (nSPS) is 24.0. The van der Waals surface area contributed by atoms with Crippen LogP contribution < -0.4 is 5.32 Å². The van der Waals surface area contributed by atoms with Gasteiger partial charge in [0.1, 0.15) is 11.6 Å². The number of nitrogens with one attached hydrogen (secondary N) is 1. The van der Waals surface area contributed by atoms with Crippen molar-refractivity contribution in [3.63, 3.8) is 0 Å². The zero-order valence-corrected chi connectivity index (χ0v) is 14.9. The number of carbonyl (C=O) groups excluding carboxylic acids is 1. The Balaban J connectivity index is 2.24. The van der Waals surface area contributed by atoms with Gasteiger partial charge in [-0.2, -0.15) is 5.10 Å². The first-order valence-corrected chi connectivity index (χ1v) is 8.21. The number of carbonyl (C=O) groups is 1. The summed E-state index contributed by atoms with van der Waals surface area (Å²) in [4.78, 5) is 12.6. The number of likely N-dealkylation sites (N-methyl/N-ethyl adjacent to an activating group) is 1. The summed E-state index contributed by atoms with van der Waals surface area (Å²) in [6.45, 7) is 7.83. The maximum Gasteiger partial charge on any atom is 0.232 e. The highest BCUT2D eigenvalue weighted by atomic mass is 19.1. The van der Waals surface area contributed by atoms with Crippen molar-refractivity contribution in [3.8, 4) is 11.3 Å². The number of amides is 1. The molecule has 0 spiro atoms. The van der Waals surface area contributed by atoms with Crippen LogP contribution in [0.2, 0.25) is 0 Å². The first kappa shape index (κ1) is 17.5. The van der Waals surface area contributed by atoms with Gasteiger partial charge in [-0.1, -0.05) is 26.8 Å². The van der Waals surface area contributed by atoms with Crippen molar-refractivity contribution in [3.05, 3.63) is 47.2 Å². The lowest BCUT2D eigenvalue weighted by Crippen LogP contribution is -2.49. The van der Waals surface area contributed by atoms with E-state index in [2.05, 4.69) is 15.5 Å². The molecule has 1 aliphatic rings. The first-order chi connectivity index (χ1) is 11.7.